The third-order valence-corrected chi connectivity index (χ3v) is 9.08. The number of hydrogen-bond donors (Lipinski definition) is 1. The maximum absolute atomic E-state index is 13.6. The van der Waals surface area contributed by atoms with Gasteiger partial charge in [0, 0.05) is 69.6 Å². The van der Waals surface area contributed by atoms with E-state index in [-0.39, 0.29) is 18.0 Å². The van der Waals surface area contributed by atoms with Crippen LogP contribution in [0, 0.1) is 0 Å². The Bertz CT molecular complexity index is 1690. The van der Waals surface area contributed by atoms with Gasteiger partial charge < -0.3 is 34.1 Å². The summed E-state index contributed by atoms with van der Waals surface area (Å²) in [7, 11) is 4.83. The van der Waals surface area contributed by atoms with E-state index < -0.39 is 6.10 Å². The summed E-state index contributed by atoms with van der Waals surface area (Å²) in [5, 5.41) is 3.01. The number of nitrogens with one attached hydrogen (secondary N) is 1. The van der Waals surface area contributed by atoms with E-state index in [1.54, 1.807) is 50.5 Å². The highest BCUT2D eigenvalue weighted by Gasteiger charge is 2.39. The molecule has 10 nitrogen and oxygen atoms in total. The molecule has 0 bridgehead atoms. The number of hydrogen-bond acceptors (Lipinski definition) is 8. The van der Waals surface area contributed by atoms with Gasteiger partial charge in [-0.1, -0.05) is 54.6 Å². The molecule has 4 aromatic rings. The lowest BCUT2D eigenvalue weighted by atomic mass is 9.99. The molecule has 48 heavy (non-hydrogen) atoms. The SMILES string of the molecule is COc1cc(NC(=O)N2CC[C@@H](OC(=O)c3cccc(-c4ccccc4)c3)[C@H](N3CCN(c4ccccc4OC)CC3)C2)cc(OC)c1. The molecule has 6 rings (SSSR count). The van der Waals surface area contributed by atoms with Crippen molar-refractivity contribution in [1.29, 1.82) is 0 Å². The van der Waals surface area contributed by atoms with Crippen LogP contribution in [0.3, 0.4) is 0 Å². The second kappa shape index (κ2) is 15.1. The number of esters is 1. The zero-order chi connectivity index (χ0) is 33.5. The molecule has 2 amide bonds. The van der Waals surface area contributed by atoms with Crippen molar-refractivity contribution in [3.8, 4) is 28.4 Å². The minimum atomic E-state index is -0.392. The van der Waals surface area contributed by atoms with Gasteiger partial charge in [-0.05, 0) is 35.4 Å². The minimum absolute atomic E-state index is 0.189. The van der Waals surface area contributed by atoms with Crippen LogP contribution in [-0.4, -0.2) is 94.5 Å². The highest BCUT2D eigenvalue weighted by molar-refractivity contribution is 5.91. The number of para-hydroxylation sites is 2. The maximum Gasteiger partial charge on any atom is 0.338 e. The summed E-state index contributed by atoms with van der Waals surface area (Å²) in [6.45, 7) is 3.86. The largest absolute Gasteiger partial charge is 0.497 e. The van der Waals surface area contributed by atoms with Crippen LogP contribution in [-0.2, 0) is 4.74 Å². The zero-order valence-electron chi connectivity index (χ0n) is 27.6. The number of urea groups is 1. The van der Waals surface area contributed by atoms with Gasteiger partial charge in [-0.15, -0.1) is 0 Å². The Morgan fingerprint density at radius 2 is 1.40 bits per heavy atom. The summed E-state index contributed by atoms with van der Waals surface area (Å²) < 4.78 is 22.7. The van der Waals surface area contributed by atoms with Gasteiger partial charge in [0.15, 0.2) is 0 Å². The Labute approximate surface area is 281 Å². The van der Waals surface area contributed by atoms with Gasteiger partial charge in [0.05, 0.1) is 38.6 Å². The highest BCUT2D eigenvalue weighted by atomic mass is 16.5. The Kier molecular flexibility index (Phi) is 10.3. The third kappa shape index (κ3) is 7.50. The number of benzene rings is 4. The van der Waals surface area contributed by atoms with Crippen molar-refractivity contribution in [3.63, 3.8) is 0 Å². The molecule has 0 radical (unpaired) electrons. The van der Waals surface area contributed by atoms with E-state index in [9.17, 15) is 9.59 Å². The van der Waals surface area contributed by atoms with Gasteiger partial charge in [-0.2, -0.15) is 0 Å². The van der Waals surface area contributed by atoms with Gasteiger partial charge in [0.1, 0.15) is 23.4 Å². The number of amides is 2. The number of anilines is 2. The lowest BCUT2D eigenvalue weighted by Gasteiger charge is -2.46. The number of piperazine rings is 1. The number of carbonyl (C=O) groups is 2. The van der Waals surface area contributed by atoms with Crippen LogP contribution in [0.15, 0.2) is 97.1 Å². The van der Waals surface area contributed by atoms with Crippen molar-refractivity contribution in [2.24, 2.45) is 0 Å². The highest BCUT2D eigenvalue weighted by Crippen LogP contribution is 2.31. The van der Waals surface area contributed by atoms with Crippen LogP contribution >= 0.6 is 0 Å². The lowest BCUT2D eigenvalue weighted by Crippen LogP contribution is -2.61. The Hall–Kier alpha value is -5.22. The van der Waals surface area contributed by atoms with Crippen molar-refractivity contribution >= 4 is 23.4 Å². The third-order valence-electron chi connectivity index (χ3n) is 9.08. The molecule has 2 atom stereocenters. The standard InChI is InChI=1S/C38H42N4O6/c1-45-31-23-30(24-32(25-31)46-2)39-38(44)42-17-16-36(48-37(43)29-13-9-12-28(22-29)27-10-5-4-6-11-27)34(26-42)41-20-18-40(19-21-41)33-14-7-8-15-35(33)47-3/h4-15,22-25,34,36H,16-21,26H2,1-3H3,(H,39,44)/t34-,36-/m1/s1. The number of likely N-dealkylation sites (tertiary alicyclic amines) is 1. The Morgan fingerprint density at radius 1 is 0.708 bits per heavy atom. The molecule has 0 aromatic heterocycles. The molecule has 0 spiro atoms. The summed E-state index contributed by atoms with van der Waals surface area (Å²) in [6.07, 6.45) is 0.118. The molecule has 2 aliphatic heterocycles. The number of piperidine rings is 1. The second-order valence-electron chi connectivity index (χ2n) is 11.9. The lowest BCUT2D eigenvalue weighted by molar-refractivity contribution is -0.0290. The summed E-state index contributed by atoms with van der Waals surface area (Å²) in [5.41, 5.74) is 4.12. The first-order chi connectivity index (χ1) is 23.4. The average molecular weight is 651 g/mol. The minimum Gasteiger partial charge on any atom is -0.497 e. The van der Waals surface area contributed by atoms with Gasteiger partial charge in [0.2, 0.25) is 0 Å². The van der Waals surface area contributed by atoms with Crippen LogP contribution in [0.2, 0.25) is 0 Å². The molecule has 0 saturated carbocycles. The quantitative estimate of drug-likeness (QED) is 0.220. The number of ether oxygens (including phenoxy) is 4. The van der Waals surface area contributed by atoms with Gasteiger partial charge in [-0.3, -0.25) is 4.90 Å². The molecule has 1 N–H and O–H groups in total. The average Bonchev–Trinajstić information content (AvgIpc) is 3.15. The predicted octanol–water partition coefficient (Wildman–Crippen LogP) is 6.03. The van der Waals surface area contributed by atoms with E-state index in [0.717, 1.165) is 48.7 Å². The van der Waals surface area contributed by atoms with Gasteiger partial charge in [-0.25, -0.2) is 9.59 Å². The Balaban J connectivity index is 1.19. The van der Waals surface area contributed by atoms with Gasteiger partial charge in [0.25, 0.3) is 0 Å². The zero-order valence-corrected chi connectivity index (χ0v) is 27.6. The van der Waals surface area contributed by atoms with Crippen molar-refractivity contribution in [3.05, 3.63) is 103 Å². The van der Waals surface area contributed by atoms with Crippen LogP contribution in [0.25, 0.3) is 11.1 Å². The first-order valence-corrected chi connectivity index (χ1v) is 16.2. The normalized spacial score (nSPS) is 18.1. The Morgan fingerprint density at radius 3 is 2.10 bits per heavy atom. The molecule has 250 valence electrons. The summed E-state index contributed by atoms with van der Waals surface area (Å²) in [5.74, 6) is 1.64. The van der Waals surface area contributed by atoms with E-state index in [2.05, 4.69) is 21.2 Å². The molecule has 4 aromatic carbocycles. The van der Waals surface area contributed by atoms with E-state index in [1.807, 2.05) is 66.7 Å². The summed E-state index contributed by atoms with van der Waals surface area (Å²) in [4.78, 5) is 33.7. The molecular formula is C38H42N4O6. The summed E-state index contributed by atoms with van der Waals surface area (Å²) >= 11 is 0. The fraction of sp³-hybridized carbons (Fsp3) is 0.316. The molecular weight excluding hydrogens is 608 g/mol. The van der Waals surface area contributed by atoms with E-state index in [1.165, 1.54) is 0 Å². The topological polar surface area (TPSA) is 92.8 Å². The number of rotatable bonds is 9. The van der Waals surface area contributed by atoms with Crippen LogP contribution in [0.5, 0.6) is 17.2 Å². The van der Waals surface area contributed by atoms with E-state index >= 15 is 0 Å². The molecule has 2 fully saturated rings. The van der Waals surface area contributed by atoms with E-state index in [0.29, 0.717) is 42.3 Å². The number of carbonyl (C=O) groups excluding carboxylic acids is 2. The monoisotopic (exact) mass is 650 g/mol. The van der Waals surface area contributed by atoms with Crippen molar-refractivity contribution in [1.82, 2.24) is 9.80 Å². The fourth-order valence-electron chi connectivity index (χ4n) is 6.51. The van der Waals surface area contributed by atoms with Crippen molar-refractivity contribution in [2.45, 2.75) is 18.6 Å². The van der Waals surface area contributed by atoms with E-state index in [4.69, 9.17) is 18.9 Å². The van der Waals surface area contributed by atoms with Gasteiger partial charge >= 0.3 is 12.0 Å². The first-order valence-electron chi connectivity index (χ1n) is 16.2. The molecule has 10 heteroatoms. The maximum atomic E-state index is 13.6. The molecule has 2 aliphatic rings. The van der Waals surface area contributed by atoms with Crippen LogP contribution in [0.1, 0.15) is 16.8 Å². The fourth-order valence-corrected chi connectivity index (χ4v) is 6.51. The van der Waals surface area contributed by atoms with Crippen molar-refractivity contribution in [2.75, 3.05) is 70.8 Å². The predicted molar refractivity (Wildman–Crippen MR) is 186 cm³/mol. The summed E-state index contributed by atoms with van der Waals surface area (Å²) in [6, 6.07) is 30.4. The number of methoxy groups -OCH3 is 3. The molecule has 2 heterocycles. The molecule has 0 aliphatic carbocycles. The van der Waals surface area contributed by atoms with Crippen molar-refractivity contribution < 1.29 is 28.5 Å². The molecule has 0 unspecified atom stereocenters. The first kappa shape index (κ1) is 32.7. The van der Waals surface area contributed by atoms with Crippen LogP contribution < -0.4 is 24.4 Å². The number of nitrogens with zero attached hydrogens (tertiary/aromatic N) is 3. The second-order valence-corrected chi connectivity index (χ2v) is 11.9. The van der Waals surface area contributed by atoms with Crippen LogP contribution in [0.4, 0.5) is 16.2 Å². The molecule has 2 saturated heterocycles. The smallest absolute Gasteiger partial charge is 0.338 e.